The molecule has 0 radical (unpaired) electrons. The molecular formula is C15H17N3O2. The van der Waals surface area contributed by atoms with Crippen molar-refractivity contribution < 1.29 is 9.21 Å². The van der Waals surface area contributed by atoms with Crippen LogP contribution in [0.1, 0.15) is 34.3 Å². The molecule has 20 heavy (non-hydrogen) atoms. The van der Waals surface area contributed by atoms with Gasteiger partial charge >= 0.3 is 0 Å². The summed E-state index contributed by atoms with van der Waals surface area (Å²) in [5.74, 6) is 0.954. The molecular weight excluding hydrogens is 254 g/mol. The van der Waals surface area contributed by atoms with E-state index in [1.807, 2.05) is 36.4 Å². The number of nitrogens with one attached hydrogen (secondary N) is 3. The van der Waals surface area contributed by atoms with Crippen molar-refractivity contribution in [3.8, 4) is 0 Å². The fraction of sp³-hybridized carbons (Fsp3) is 0.267. The van der Waals surface area contributed by atoms with Gasteiger partial charge in [0.05, 0.1) is 6.04 Å². The molecule has 1 aliphatic heterocycles. The van der Waals surface area contributed by atoms with Crippen LogP contribution in [0.25, 0.3) is 0 Å². The predicted octanol–water partition coefficient (Wildman–Crippen LogP) is 1.75. The smallest absolute Gasteiger partial charge is 0.287 e. The van der Waals surface area contributed by atoms with Crippen molar-refractivity contribution in [3.63, 3.8) is 0 Å². The summed E-state index contributed by atoms with van der Waals surface area (Å²) in [6, 6.07) is 13.5. The van der Waals surface area contributed by atoms with Crippen LogP contribution in [0.5, 0.6) is 0 Å². The lowest BCUT2D eigenvalue weighted by atomic mass is 10.2. The molecule has 3 rings (SSSR count). The molecule has 0 saturated carbocycles. The Balaban J connectivity index is 1.59. The number of hydrogen-bond donors (Lipinski definition) is 3. The first-order valence-corrected chi connectivity index (χ1v) is 6.73. The SMILES string of the molecule is O=C(NCc1ccccc1)c1ccc(C2CCNN2)o1. The van der Waals surface area contributed by atoms with Crippen molar-refractivity contribution in [2.24, 2.45) is 0 Å². The van der Waals surface area contributed by atoms with Gasteiger partial charge in [-0.15, -0.1) is 0 Å². The molecule has 0 aliphatic carbocycles. The zero-order valence-corrected chi connectivity index (χ0v) is 11.1. The van der Waals surface area contributed by atoms with Gasteiger partial charge in [-0.25, -0.2) is 5.43 Å². The Morgan fingerprint density at radius 3 is 2.85 bits per heavy atom. The molecule has 1 amide bonds. The second-order valence-electron chi connectivity index (χ2n) is 4.78. The van der Waals surface area contributed by atoms with Gasteiger partial charge in [-0.3, -0.25) is 10.2 Å². The van der Waals surface area contributed by atoms with Gasteiger partial charge in [0.25, 0.3) is 5.91 Å². The first-order chi connectivity index (χ1) is 9.83. The lowest BCUT2D eigenvalue weighted by Gasteiger charge is -2.05. The minimum atomic E-state index is -0.189. The Morgan fingerprint density at radius 2 is 2.10 bits per heavy atom. The largest absolute Gasteiger partial charge is 0.454 e. The summed E-state index contributed by atoms with van der Waals surface area (Å²) in [6.07, 6.45) is 0.957. The maximum absolute atomic E-state index is 12.0. The second-order valence-corrected chi connectivity index (χ2v) is 4.78. The van der Waals surface area contributed by atoms with E-state index in [1.54, 1.807) is 6.07 Å². The van der Waals surface area contributed by atoms with E-state index >= 15 is 0 Å². The third-order valence-corrected chi connectivity index (χ3v) is 3.32. The molecule has 1 atom stereocenters. The zero-order chi connectivity index (χ0) is 13.8. The summed E-state index contributed by atoms with van der Waals surface area (Å²) in [6.45, 7) is 1.40. The number of amides is 1. The number of carbonyl (C=O) groups excluding carboxylic acids is 1. The average Bonchev–Trinajstić information content (AvgIpc) is 3.16. The van der Waals surface area contributed by atoms with E-state index < -0.39 is 0 Å². The Labute approximate surface area is 117 Å². The monoisotopic (exact) mass is 271 g/mol. The lowest BCUT2D eigenvalue weighted by Crippen LogP contribution is -2.24. The molecule has 1 unspecified atom stereocenters. The summed E-state index contributed by atoms with van der Waals surface area (Å²) in [7, 11) is 0. The van der Waals surface area contributed by atoms with Gasteiger partial charge in [-0.05, 0) is 24.1 Å². The van der Waals surface area contributed by atoms with E-state index in [-0.39, 0.29) is 11.9 Å². The Bertz CT molecular complexity index is 574. The maximum Gasteiger partial charge on any atom is 0.287 e. The molecule has 0 spiro atoms. The van der Waals surface area contributed by atoms with Crippen LogP contribution in [0.4, 0.5) is 0 Å². The van der Waals surface area contributed by atoms with E-state index in [1.165, 1.54) is 0 Å². The summed E-state index contributed by atoms with van der Waals surface area (Å²) in [5.41, 5.74) is 7.22. The molecule has 1 aliphatic rings. The third-order valence-electron chi connectivity index (χ3n) is 3.32. The molecule has 1 aromatic heterocycles. The van der Waals surface area contributed by atoms with E-state index in [0.29, 0.717) is 12.3 Å². The van der Waals surface area contributed by atoms with Crippen LogP contribution in [0, 0.1) is 0 Å². The highest BCUT2D eigenvalue weighted by atomic mass is 16.4. The van der Waals surface area contributed by atoms with Crippen molar-refractivity contribution in [2.75, 3.05) is 6.54 Å². The van der Waals surface area contributed by atoms with Crippen molar-refractivity contribution >= 4 is 5.91 Å². The van der Waals surface area contributed by atoms with Gasteiger partial charge in [-0.2, -0.15) is 0 Å². The van der Waals surface area contributed by atoms with Crippen LogP contribution in [-0.2, 0) is 6.54 Å². The highest BCUT2D eigenvalue weighted by Crippen LogP contribution is 2.21. The topological polar surface area (TPSA) is 66.3 Å². The highest BCUT2D eigenvalue weighted by Gasteiger charge is 2.20. The molecule has 5 nitrogen and oxygen atoms in total. The van der Waals surface area contributed by atoms with E-state index in [9.17, 15) is 4.79 Å². The van der Waals surface area contributed by atoms with Crippen LogP contribution < -0.4 is 16.2 Å². The van der Waals surface area contributed by atoms with Crippen LogP contribution in [0.15, 0.2) is 46.9 Å². The summed E-state index contributed by atoms with van der Waals surface area (Å²) in [5, 5.41) is 2.85. The van der Waals surface area contributed by atoms with E-state index in [4.69, 9.17) is 4.42 Å². The Morgan fingerprint density at radius 1 is 1.25 bits per heavy atom. The first kappa shape index (κ1) is 12.9. The lowest BCUT2D eigenvalue weighted by molar-refractivity contribution is 0.0920. The average molecular weight is 271 g/mol. The standard InChI is InChI=1S/C15H17N3O2/c19-15(16-10-11-4-2-1-3-5-11)14-7-6-13(20-14)12-8-9-17-18-12/h1-7,12,17-18H,8-10H2,(H,16,19). The van der Waals surface area contributed by atoms with Gasteiger partial charge in [0, 0.05) is 13.1 Å². The van der Waals surface area contributed by atoms with E-state index in [2.05, 4.69) is 16.2 Å². The minimum absolute atomic E-state index is 0.144. The Hall–Kier alpha value is -2.11. The highest BCUT2D eigenvalue weighted by molar-refractivity contribution is 5.91. The van der Waals surface area contributed by atoms with Gasteiger partial charge < -0.3 is 9.73 Å². The van der Waals surface area contributed by atoms with Crippen LogP contribution in [0.3, 0.4) is 0 Å². The van der Waals surface area contributed by atoms with Crippen molar-refractivity contribution in [1.29, 1.82) is 0 Å². The maximum atomic E-state index is 12.0. The molecule has 1 fully saturated rings. The summed E-state index contributed by atoms with van der Waals surface area (Å²) in [4.78, 5) is 12.0. The minimum Gasteiger partial charge on any atom is -0.454 e. The van der Waals surface area contributed by atoms with Gasteiger partial charge in [0.2, 0.25) is 0 Å². The molecule has 0 bridgehead atoms. The Kier molecular flexibility index (Phi) is 3.80. The molecule has 1 aromatic carbocycles. The van der Waals surface area contributed by atoms with Gasteiger partial charge in [0.1, 0.15) is 5.76 Å². The fourth-order valence-electron chi connectivity index (χ4n) is 2.22. The summed E-state index contributed by atoms with van der Waals surface area (Å²) < 4.78 is 5.60. The fourth-order valence-corrected chi connectivity index (χ4v) is 2.22. The van der Waals surface area contributed by atoms with Crippen LogP contribution in [0.2, 0.25) is 0 Å². The van der Waals surface area contributed by atoms with Crippen molar-refractivity contribution in [2.45, 2.75) is 19.0 Å². The third kappa shape index (κ3) is 2.89. The quantitative estimate of drug-likeness (QED) is 0.792. The molecule has 3 N–H and O–H groups in total. The number of benzene rings is 1. The molecule has 5 heteroatoms. The molecule has 104 valence electrons. The number of hydrogen-bond acceptors (Lipinski definition) is 4. The number of carbonyl (C=O) groups is 1. The zero-order valence-electron chi connectivity index (χ0n) is 11.1. The van der Waals surface area contributed by atoms with Crippen molar-refractivity contribution in [3.05, 3.63) is 59.5 Å². The predicted molar refractivity (Wildman–Crippen MR) is 74.8 cm³/mol. The number of hydrazine groups is 1. The van der Waals surface area contributed by atoms with Crippen LogP contribution in [-0.4, -0.2) is 12.5 Å². The molecule has 2 heterocycles. The van der Waals surface area contributed by atoms with E-state index in [0.717, 1.165) is 24.3 Å². The summed E-state index contributed by atoms with van der Waals surface area (Å²) >= 11 is 0. The van der Waals surface area contributed by atoms with Crippen molar-refractivity contribution in [1.82, 2.24) is 16.2 Å². The normalized spacial score (nSPS) is 18.1. The number of rotatable bonds is 4. The molecule has 1 saturated heterocycles. The second kappa shape index (κ2) is 5.90. The number of furan rings is 1. The first-order valence-electron chi connectivity index (χ1n) is 6.73. The van der Waals surface area contributed by atoms with Crippen LogP contribution >= 0.6 is 0 Å². The van der Waals surface area contributed by atoms with Gasteiger partial charge in [0.15, 0.2) is 5.76 Å². The van der Waals surface area contributed by atoms with Gasteiger partial charge in [-0.1, -0.05) is 30.3 Å². The molecule has 2 aromatic rings.